The van der Waals surface area contributed by atoms with E-state index in [1.807, 2.05) is 6.07 Å². The van der Waals surface area contributed by atoms with Gasteiger partial charge in [-0.25, -0.2) is 13.4 Å². The van der Waals surface area contributed by atoms with Gasteiger partial charge in [-0.2, -0.15) is 9.57 Å². The van der Waals surface area contributed by atoms with Gasteiger partial charge < -0.3 is 10.1 Å². The fourth-order valence-electron chi connectivity index (χ4n) is 2.44. The number of hydrogen-bond donors (Lipinski definition) is 1. The van der Waals surface area contributed by atoms with Crippen LogP contribution in [-0.4, -0.2) is 43.9 Å². The first-order valence-electron chi connectivity index (χ1n) is 7.30. The molecule has 1 saturated heterocycles. The molecule has 0 amide bonds. The summed E-state index contributed by atoms with van der Waals surface area (Å²) in [5.41, 5.74) is 1.08. The first kappa shape index (κ1) is 16.2. The molecule has 2 aromatic rings. The predicted molar refractivity (Wildman–Crippen MR) is 88.1 cm³/mol. The molecule has 1 fully saturated rings. The Morgan fingerprint density at radius 1 is 1.29 bits per heavy atom. The average molecular weight is 344 g/mol. The summed E-state index contributed by atoms with van der Waals surface area (Å²) in [6.45, 7) is 0.747. The molecular weight excluding hydrogens is 328 g/mol. The third-order valence-corrected chi connectivity index (χ3v) is 5.64. The summed E-state index contributed by atoms with van der Waals surface area (Å²) in [6, 6.07) is 11.7. The Morgan fingerprint density at radius 3 is 2.62 bits per heavy atom. The molecule has 0 saturated carbocycles. The Bertz CT molecular complexity index is 869. The number of pyridine rings is 1. The van der Waals surface area contributed by atoms with Crippen molar-refractivity contribution in [2.45, 2.75) is 10.9 Å². The summed E-state index contributed by atoms with van der Waals surface area (Å²) in [4.78, 5) is 4.15. The van der Waals surface area contributed by atoms with Crippen LogP contribution in [0, 0.1) is 11.3 Å². The highest BCUT2D eigenvalue weighted by Gasteiger charge is 2.36. The van der Waals surface area contributed by atoms with Crippen LogP contribution in [0.3, 0.4) is 0 Å². The average Bonchev–Trinajstić information content (AvgIpc) is 2.57. The smallest absolute Gasteiger partial charge is 0.243 e. The number of nitrogens with zero attached hydrogens (tertiary/aromatic N) is 3. The van der Waals surface area contributed by atoms with E-state index in [0.717, 1.165) is 5.69 Å². The van der Waals surface area contributed by atoms with E-state index in [0.29, 0.717) is 24.5 Å². The SMILES string of the molecule is COc1ccc(S(=O)(=O)N2CC(Nc3ccnc(C#N)c3)C2)cc1. The standard InChI is InChI=1S/C16H16N4O3S/c1-23-15-2-4-16(5-3-15)24(21,22)20-10-14(11-20)19-12-6-7-18-13(8-12)9-17/h2-8,14H,10-11H2,1H3,(H,18,19). The van der Waals surface area contributed by atoms with Crippen LogP contribution in [0.2, 0.25) is 0 Å². The van der Waals surface area contributed by atoms with Crippen LogP contribution in [0.25, 0.3) is 0 Å². The highest BCUT2D eigenvalue weighted by molar-refractivity contribution is 7.89. The Kier molecular flexibility index (Phi) is 4.38. The van der Waals surface area contributed by atoms with Gasteiger partial charge in [0.15, 0.2) is 0 Å². The van der Waals surface area contributed by atoms with Gasteiger partial charge in [0.25, 0.3) is 0 Å². The van der Waals surface area contributed by atoms with Crippen molar-refractivity contribution in [3.8, 4) is 11.8 Å². The molecule has 1 aromatic heterocycles. The number of methoxy groups -OCH3 is 1. The number of aromatic nitrogens is 1. The summed E-state index contributed by atoms with van der Waals surface area (Å²) in [7, 11) is -1.96. The van der Waals surface area contributed by atoms with Crippen molar-refractivity contribution >= 4 is 15.7 Å². The quantitative estimate of drug-likeness (QED) is 0.882. The van der Waals surface area contributed by atoms with E-state index in [1.165, 1.54) is 23.5 Å². The van der Waals surface area contributed by atoms with Crippen LogP contribution in [0.4, 0.5) is 5.69 Å². The van der Waals surface area contributed by atoms with Gasteiger partial charge in [0.2, 0.25) is 10.0 Å². The van der Waals surface area contributed by atoms with E-state index in [4.69, 9.17) is 10.00 Å². The predicted octanol–water partition coefficient (Wildman–Crippen LogP) is 1.45. The van der Waals surface area contributed by atoms with Crippen molar-refractivity contribution in [1.82, 2.24) is 9.29 Å². The summed E-state index contributed by atoms with van der Waals surface area (Å²) in [5.74, 6) is 0.614. The van der Waals surface area contributed by atoms with Crippen LogP contribution in [-0.2, 0) is 10.0 Å². The molecule has 24 heavy (non-hydrogen) atoms. The van der Waals surface area contributed by atoms with Gasteiger partial charge in [0.1, 0.15) is 17.5 Å². The molecule has 0 aliphatic carbocycles. The Labute approximate surface area is 140 Å². The van der Waals surface area contributed by atoms with Crippen molar-refractivity contribution in [3.05, 3.63) is 48.3 Å². The molecule has 0 unspecified atom stereocenters. The molecular formula is C16H16N4O3S. The molecule has 0 radical (unpaired) electrons. The second kappa shape index (κ2) is 6.47. The van der Waals surface area contributed by atoms with E-state index >= 15 is 0 Å². The second-order valence-corrected chi connectivity index (χ2v) is 7.32. The zero-order valence-electron chi connectivity index (χ0n) is 13.0. The molecule has 2 heterocycles. The van der Waals surface area contributed by atoms with Crippen molar-refractivity contribution in [2.75, 3.05) is 25.5 Å². The lowest BCUT2D eigenvalue weighted by Gasteiger charge is -2.38. The van der Waals surface area contributed by atoms with E-state index in [1.54, 1.807) is 30.5 Å². The Morgan fingerprint density at radius 2 is 2.00 bits per heavy atom. The number of benzene rings is 1. The van der Waals surface area contributed by atoms with Crippen LogP contribution < -0.4 is 10.1 Å². The van der Waals surface area contributed by atoms with Gasteiger partial charge in [0.05, 0.1) is 18.0 Å². The van der Waals surface area contributed by atoms with Gasteiger partial charge in [0, 0.05) is 25.0 Å². The summed E-state index contributed by atoms with van der Waals surface area (Å²) < 4.78 is 31.5. The van der Waals surface area contributed by atoms with Crippen molar-refractivity contribution in [3.63, 3.8) is 0 Å². The number of rotatable bonds is 5. The number of hydrogen-bond acceptors (Lipinski definition) is 6. The Hall–Kier alpha value is -2.63. The normalized spacial score (nSPS) is 15.3. The van der Waals surface area contributed by atoms with Crippen molar-refractivity contribution < 1.29 is 13.2 Å². The molecule has 0 bridgehead atoms. The van der Waals surface area contributed by atoms with E-state index in [9.17, 15) is 8.42 Å². The minimum atomic E-state index is -3.49. The summed E-state index contributed by atoms with van der Waals surface area (Å²) >= 11 is 0. The first-order valence-corrected chi connectivity index (χ1v) is 8.74. The van der Waals surface area contributed by atoms with Gasteiger partial charge in [-0.3, -0.25) is 0 Å². The minimum Gasteiger partial charge on any atom is -0.497 e. The van der Waals surface area contributed by atoms with Crippen molar-refractivity contribution in [1.29, 1.82) is 5.26 Å². The lowest BCUT2D eigenvalue weighted by molar-refractivity contribution is 0.281. The number of anilines is 1. The number of sulfonamides is 1. The zero-order valence-corrected chi connectivity index (χ0v) is 13.8. The molecule has 124 valence electrons. The fraction of sp³-hybridized carbons (Fsp3) is 0.250. The number of ether oxygens (including phenoxy) is 1. The molecule has 7 nitrogen and oxygen atoms in total. The maximum Gasteiger partial charge on any atom is 0.243 e. The highest BCUT2D eigenvalue weighted by atomic mass is 32.2. The van der Waals surface area contributed by atoms with Crippen LogP contribution in [0.5, 0.6) is 5.75 Å². The molecule has 0 atom stereocenters. The topological polar surface area (TPSA) is 95.3 Å². The van der Waals surface area contributed by atoms with Crippen LogP contribution in [0.15, 0.2) is 47.5 Å². The van der Waals surface area contributed by atoms with Crippen molar-refractivity contribution in [2.24, 2.45) is 0 Å². The molecule has 1 aromatic carbocycles. The maximum absolute atomic E-state index is 12.5. The van der Waals surface area contributed by atoms with E-state index in [2.05, 4.69) is 10.3 Å². The third kappa shape index (κ3) is 3.18. The van der Waals surface area contributed by atoms with Gasteiger partial charge in [-0.05, 0) is 36.4 Å². The molecule has 0 spiro atoms. The lowest BCUT2D eigenvalue weighted by Crippen LogP contribution is -2.56. The largest absolute Gasteiger partial charge is 0.497 e. The van der Waals surface area contributed by atoms with Gasteiger partial charge >= 0.3 is 0 Å². The highest BCUT2D eigenvalue weighted by Crippen LogP contribution is 2.25. The molecule has 8 heteroatoms. The van der Waals surface area contributed by atoms with E-state index < -0.39 is 10.0 Å². The van der Waals surface area contributed by atoms with E-state index in [-0.39, 0.29) is 10.9 Å². The fourth-order valence-corrected chi connectivity index (χ4v) is 3.97. The first-order chi connectivity index (χ1) is 11.5. The summed E-state index contributed by atoms with van der Waals surface area (Å²) in [6.07, 6.45) is 1.55. The Balaban J connectivity index is 1.63. The lowest BCUT2D eigenvalue weighted by atomic mass is 10.1. The maximum atomic E-state index is 12.5. The monoisotopic (exact) mass is 344 g/mol. The zero-order chi connectivity index (χ0) is 17.2. The van der Waals surface area contributed by atoms with Crippen LogP contribution in [0.1, 0.15) is 5.69 Å². The molecule has 3 rings (SSSR count). The minimum absolute atomic E-state index is 0.00645. The number of nitrogens with one attached hydrogen (secondary N) is 1. The molecule has 1 aliphatic rings. The summed E-state index contributed by atoms with van der Waals surface area (Å²) in [5, 5.41) is 12.1. The third-order valence-electron chi connectivity index (χ3n) is 3.79. The van der Waals surface area contributed by atoms with Gasteiger partial charge in [-0.1, -0.05) is 0 Å². The number of nitriles is 1. The molecule has 1 aliphatic heterocycles. The molecule has 1 N–H and O–H groups in total. The van der Waals surface area contributed by atoms with Gasteiger partial charge in [-0.15, -0.1) is 0 Å². The van der Waals surface area contributed by atoms with Crippen LogP contribution >= 0.6 is 0 Å². The second-order valence-electron chi connectivity index (χ2n) is 5.38.